The Bertz CT molecular complexity index is 1600. The normalized spacial score (nSPS) is 10.1. The first-order valence-corrected chi connectivity index (χ1v) is 12.5. The summed E-state index contributed by atoms with van der Waals surface area (Å²) in [5, 5.41) is 0. The average Bonchev–Trinajstić information content (AvgIpc) is 2.99. The van der Waals surface area contributed by atoms with Gasteiger partial charge in [0.1, 0.15) is 0 Å². The molecule has 4 aromatic carbocycles. The summed E-state index contributed by atoms with van der Waals surface area (Å²) in [5.41, 5.74) is 9.92. The van der Waals surface area contributed by atoms with E-state index in [0.29, 0.717) is 5.82 Å². The van der Waals surface area contributed by atoms with E-state index in [0.717, 1.165) is 27.9 Å². The Hall–Kier alpha value is -4.24. The summed E-state index contributed by atoms with van der Waals surface area (Å²) in [5.74, 6) is 0.711. The molecule has 2 heterocycles. The van der Waals surface area contributed by atoms with Gasteiger partial charge in [0.05, 0.1) is 5.82 Å². The predicted octanol–water partition coefficient (Wildman–Crippen LogP) is 8.44. The number of nitrogens with zero attached hydrogens (tertiary/aromatic N) is 3. The fourth-order valence-electron chi connectivity index (χ4n) is 4.02. The van der Waals surface area contributed by atoms with Gasteiger partial charge in [0.15, 0.2) is 0 Å². The van der Waals surface area contributed by atoms with Gasteiger partial charge in [-0.15, -0.1) is 65.2 Å². The fourth-order valence-corrected chi connectivity index (χ4v) is 4.02. The quantitative estimate of drug-likeness (QED) is 0.175. The minimum Gasteiger partial charge on any atom is -0.305 e. The molecular formula is C35H27IrN3-2. The van der Waals surface area contributed by atoms with E-state index in [1.165, 1.54) is 22.3 Å². The van der Waals surface area contributed by atoms with Gasteiger partial charge in [0.2, 0.25) is 0 Å². The number of aromatic nitrogens is 3. The second-order valence-corrected chi connectivity index (χ2v) is 9.02. The maximum atomic E-state index is 4.38. The smallest absolute Gasteiger partial charge is 0.0748 e. The summed E-state index contributed by atoms with van der Waals surface area (Å²) in [7, 11) is 0. The molecule has 0 atom stereocenters. The van der Waals surface area contributed by atoms with Crippen molar-refractivity contribution in [2.24, 2.45) is 0 Å². The molecule has 0 N–H and O–H groups in total. The SMILES string of the molecule is Cc1ccnc(-c2[c-]cc(-c3ccccc3)cc2)c1.Cc1cnc(-c2[c-]ccc(-c3ccccc3)c2)nc1.[Ir]. The zero-order valence-corrected chi connectivity index (χ0v) is 24.2. The second kappa shape index (κ2) is 13.5. The molecule has 0 spiro atoms. The molecule has 6 rings (SSSR count). The van der Waals surface area contributed by atoms with Crippen LogP contribution < -0.4 is 0 Å². The number of pyridine rings is 1. The van der Waals surface area contributed by atoms with Crippen molar-refractivity contribution in [1.82, 2.24) is 15.0 Å². The fraction of sp³-hybridized carbons (Fsp3) is 0.0571. The number of hydrogen-bond donors (Lipinski definition) is 0. The van der Waals surface area contributed by atoms with Crippen molar-refractivity contribution in [2.45, 2.75) is 13.8 Å². The zero-order valence-electron chi connectivity index (χ0n) is 21.8. The molecule has 0 bridgehead atoms. The minimum atomic E-state index is 0. The van der Waals surface area contributed by atoms with E-state index in [-0.39, 0.29) is 20.1 Å². The molecule has 0 amide bonds. The van der Waals surface area contributed by atoms with Gasteiger partial charge in [-0.2, -0.15) is 0 Å². The molecule has 4 heteroatoms. The van der Waals surface area contributed by atoms with E-state index in [1.807, 2.05) is 86.2 Å². The van der Waals surface area contributed by atoms with Crippen LogP contribution in [0.2, 0.25) is 0 Å². The van der Waals surface area contributed by atoms with Crippen LogP contribution in [-0.4, -0.2) is 15.0 Å². The van der Waals surface area contributed by atoms with Crippen LogP contribution in [0.5, 0.6) is 0 Å². The molecule has 193 valence electrons. The van der Waals surface area contributed by atoms with Crippen LogP contribution >= 0.6 is 0 Å². The first kappa shape index (κ1) is 27.8. The van der Waals surface area contributed by atoms with Gasteiger partial charge in [-0.1, -0.05) is 83.4 Å². The van der Waals surface area contributed by atoms with E-state index in [9.17, 15) is 0 Å². The monoisotopic (exact) mass is 682 g/mol. The molecule has 3 nitrogen and oxygen atoms in total. The number of benzene rings is 4. The number of rotatable bonds is 4. The Labute approximate surface area is 244 Å². The maximum Gasteiger partial charge on any atom is 0.0748 e. The molecule has 0 saturated heterocycles. The molecule has 0 unspecified atom stereocenters. The number of hydrogen-bond acceptors (Lipinski definition) is 3. The molecule has 0 fully saturated rings. The predicted molar refractivity (Wildman–Crippen MR) is 155 cm³/mol. The van der Waals surface area contributed by atoms with Gasteiger partial charge in [-0.05, 0) is 36.7 Å². The molecule has 0 aliphatic rings. The van der Waals surface area contributed by atoms with Crippen molar-refractivity contribution < 1.29 is 20.1 Å². The Balaban J connectivity index is 0.000000176. The summed E-state index contributed by atoms with van der Waals surface area (Å²) in [4.78, 5) is 13.1. The first-order chi connectivity index (χ1) is 18.7. The third-order valence-electron chi connectivity index (χ3n) is 6.04. The van der Waals surface area contributed by atoms with E-state index >= 15 is 0 Å². The third kappa shape index (κ3) is 7.42. The summed E-state index contributed by atoms with van der Waals surface area (Å²) in [6.45, 7) is 4.05. The summed E-state index contributed by atoms with van der Waals surface area (Å²) in [6.07, 6.45) is 5.49. The standard InChI is InChI=1S/C18H14N.C17H13N2.Ir/c1-14-11-12-19-18(13-14)17-9-7-16(8-10-17)15-5-3-2-4-6-15;1-13-11-18-17(19-12-13)16-9-5-8-15(10-16)14-6-3-2-4-7-14;/h2-9,11-13H,1H3;2-8,10-12H,1H3;/q2*-1;. The molecule has 0 aliphatic carbocycles. The van der Waals surface area contributed by atoms with Crippen molar-refractivity contribution in [3.05, 3.63) is 151 Å². The van der Waals surface area contributed by atoms with Crippen molar-refractivity contribution >= 4 is 0 Å². The molecular weight excluding hydrogens is 655 g/mol. The third-order valence-corrected chi connectivity index (χ3v) is 6.04. The Kier molecular flexibility index (Phi) is 9.63. The largest absolute Gasteiger partial charge is 0.305 e. The molecule has 0 saturated carbocycles. The van der Waals surface area contributed by atoms with Gasteiger partial charge in [-0.25, -0.2) is 0 Å². The van der Waals surface area contributed by atoms with Crippen LogP contribution in [-0.2, 0) is 20.1 Å². The minimum absolute atomic E-state index is 0. The van der Waals surface area contributed by atoms with Crippen LogP contribution in [0, 0.1) is 26.0 Å². The first-order valence-electron chi connectivity index (χ1n) is 12.5. The van der Waals surface area contributed by atoms with Crippen LogP contribution in [0.1, 0.15) is 11.1 Å². The Morgan fingerprint density at radius 2 is 1.21 bits per heavy atom. The van der Waals surface area contributed by atoms with Gasteiger partial charge < -0.3 is 4.98 Å². The second-order valence-electron chi connectivity index (χ2n) is 9.02. The van der Waals surface area contributed by atoms with Crippen LogP contribution in [0.15, 0.2) is 128 Å². The summed E-state index contributed by atoms with van der Waals surface area (Å²) < 4.78 is 0. The van der Waals surface area contributed by atoms with Crippen molar-refractivity contribution in [3.8, 4) is 44.9 Å². The average molecular weight is 682 g/mol. The molecule has 2 aromatic heterocycles. The van der Waals surface area contributed by atoms with Crippen LogP contribution in [0.4, 0.5) is 0 Å². The van der Waals surface area contributed by atoms with Gasteiger partial charge in [0, 0.05) is 38.7 Å². The van der Waals surface area contributed by atoms with Crippen molar-refractivity contribution in [2.75, 3.05) is 0 Å². The molecule has 39 heavy (non-hydrogen) atoms. The number of aryl methyl sites for hydroxylation is 2. The Morgan fingerprint density at radius 1 is 0.538 bits per heavy atom. The molecule has 1 radical (unpaired) electrons. The topological polar surface area (TPSA) is 38.7 Å². The van der Waals surface area contributed by atoms with Crippen molar-refractivity contribution in [1.29, 1.82) is 0 Å². The zero-order chi connectivity index (χ0) is 26.2. The molecule has 6 aromatic rings. The van der Waals surface area contributed by atoms with Gasteiger partial charge >= 0.3 is 0 Å². The molecule has 0 aliphatic heterocycles. The van der Waals surface area contributed by atoms with E-state index in [4.69, 9.17) is 0 Å². The van der Waals surface area contributed by atoms with E-state index in [1.54, 1.807) is 0 Å². The summed E-state index contributed by atoms with van der Waals surface area (Å²) in [6, 6.07) is 43.4. The van der Waals surface area contributed by atoms with Crippen molar-refractivity contribution in [3.63, 3.8) is 0 Å². The van der Waals surface area contributed by atoms with Gasteiger partial charge in [0.25, 0.3) is 0 Å². The van der Waals surface area contributed by atoms with E-state index in [2.05, 4.69) is 82.5 Å². The van der Waals surface area contributed by atoms with Crippen LogP contribution in [0.3, 0.4) is 0 Å². The van der Waals surface area contributed by atoms with Gasteiger partial charge in [-0.3, -0.25) is 9.97 Å². The summed E-state index contributed by atoms with van der Waals surface area (Å²) >= 11 is 0. The van der Waals surface area contributed by atoms with Crippen LogP contribution in [0.25, 0.3) is 44.9 Å². The van der Waals surface area contributed by atoms with E-state index < -0.39 is 0 Å². The Morgan fingerprint density at radius 3 is 1.82 bits per heavy atom. The maximum absolute atomic E-state index is 4.38.